The summed E-state index contributed by atoms with van der Waals surface area (Å²) in [6.45, 7) is 0. The molecule has 0 aliphatic rings. The maximum Gasteiger partial charge on any atom is 0.234 e. The molecule has 6 heteroatoms. The van der Waals surface area contributed by atoms with Crippen LogP contribution in [0.5, 0.6) is 0 Å². The van der Waals surface area contributed by atoms with Gasteiger partial charge < -0.3 is 9.88 Å². The smallest absolute Gasteiger partial charge is 0.234 e. The van der Waals surface area contributed by atoms with E-state index < -0.39 is 0 Å². The minimum atomic E-state index is 0.0250. The van der Waals surface area contributed by atoms with Gasteiger partial charge in [0.25, 0.3) is 0 Å². The van der Waals surface area contributed by atoms with E-state index in [1.807, 2.05) is 48.3 Å². The highest BCUT2D eigenvalue weighted by atomic mass is 32.2. The van der Waals surface area contributed by atoms with Crippen molar-refractivity contribution in [3.05, 3.63) is 36.7 Å². The monoisotopic (exact) mass is 293 g/mol. The molecule has 0 saturated heterocycles. The van der Waals surface area contributed by atoms with E-state index in [-0.39, 0.29) is 5.91 Å². The number of nitrogens with one attached hydrogen (secondary N) is 1. The van der Waals surface area contributed by atoms with Crippen LogP contribution in [0.3, 0.4) is 0 Å². The summed E-state index contributed by atoms with van der Waals surface area (Å²) in [5, 5.41) is 3.79. The lowest BCUT2D eigenvalue weighted by molar-refractivity contribution is -0.113. The molecule has 1 N–H and O–H groups in total. The summed E-state index contributed by atoms with van der Waals surface area (Å²) in [4.78, 5) is 16.8. The number of carbonyl (C=O) groups is 1. The number of benzene rings is 1. The number of thioether (sulfide) groups is 1. The predicted molar refractivity (Wildman–Crippen MR) is 80.8 cm³/mol. The Bertz CT molecular complexity index is 551. The van der Waals surface area contributed by atoms with Crippen molar-refractivity contribution in [3.63, 3.8) is 0 Å². The molecule has 0 saturated carbocycles. The van der Waals surface area contributed by atoms with Gasteiger partial charge in [0.05, 0.1) is 5.75 Å². The van der Waals surface area contributed by atoms with Crippen LogP contribution in [0.25, 0.3) is 0 Å². The SMILES string of the molecule is CSCC(=O)Nc1ccc(Sc2nccn2C)cc1. The molecule has 2 rings (SSSR count). The van der Waals surface area contributed by atoms with Gasteiger partial charge in [0.15, 0.2) is 5.16 Å². The first kappa shape index (κ1) is 14.0. The third-order valence-electron chi connectivity index (χ3n) is 2.40. The number of nitrogens with zero attached hydrogens (tertiary/aromatic N) is 2. The minimum absolute atomic E-state index is 0.0250. The molecule has 0 unspecified atom stereocenters. The van der Waals surface area contributed by atoms with Crippen LogP contribution in [0.4, 0.5) is 5.69 Å². The van der Waals surface area contributed by atoms with Gasteiger partial charge >= 0.3 is 0 Å². The molecule has 100 valence electrons. The number of anilines is 1. The number of aromatic nitrogens is 2. The molecule has 0 bridgehead atoms. The summed E-state index contributed by atoms with van der Waals surface area (Å²) in [6.07, 6.45) is 5.60. The highest BCUT2D eigenvalue weighted by Gasteiger charge is 2.04. The molecule has 0 atom stereocenters. The van der Waals surface area contributed by atoms with Crippen molar-refractivity contribution in [2.45, 2.75) is 10.1 Å². The van der Waals surface area contributed by atoms with Crippen molar-refractivity contribution in [3.8, 4) is 0 Å². The van der Waals surface area contributed by atoms with Gasteiger partial charge in [-0.1, -0.05) is 11.8 Å². The zero-order valence-electron chi connectivity index (χ0n) is 10.8. The minimum Gasteiger partial charge on any atom is -0.329 e. The van der Waals surface area contributed by atoms with E-state index in [9.17, 15) is 4.79 Å². The van der Waals surface area contributed by atoms with Gasteiger partial charge in [0, 0.05) is 30.0 Å². The van der Waals surface area contributed by atoms with Crippen LogP contribution < -0.4 is 5.32 Å². The Morgan fingerprint density at radius 2 is 2.11 bits per heavy atom. The van der Waals surface area contributed by atoms with Crippen LogP contribution in [-0.2, 0) is 11.8 Å². The number of rotatable bonds is 5. The largest absolute Gasteiger partial charge is 0.329 e. The first-order chi connectivity index (χ1) is 9.19. The average Bonchev–Trinajstić information content (AvgIpc) is 2.78. The van der Waals surface area contributed by atoms with Crippen LogP contribution >= 0.6 is 23.5 Å². The Hall–Kier alpha value is -1.40. The molecule has 1 aromatic heterocycles. The number of hydrogen-bond donors (Lipinski definition) is 1. The van der Waals surface area contributed by atoms with Gasteiger partial charge in [0.2, 0.25) is 5.91 Å². The van der Waals surface area contributed by atoms with Crippen molar-refractivity contribution in [1.29, 1.82) is 0 Å². The number of aryl methyl sites for hydroxylation is 1. The van der Waals surface area contributed by atoms with Gasteiger partial charge in [-0.2, -0.15) is 11.8 Å². The molecule has 1 aromatic carbocycles. The first-order valence-electron chi connectivity index (χ1n) is 5.73. The summed E-state index contributed by atoms with van der Waals surface area (Å²) in [7, 11) is 1.96. The predicted octanol–water partition coefficient (Wildman–Crippen LogP) is 2.87. The third-order valence-corrected chi connectivity index (χ3v) is 4.03. The third kappa shape index (κ3) is 4.04. The fraction of sp³-hybridized carbons (Fsp3) is 0.231. The van der Waals surface area contributed by atoms with Gasteiger partial charge in [-0.3, -0.25) is 4.79 Å². The molecular weight excluding hydrogens is 278 g/mol. The van der Waals surface area contributed by atoms with Crippen LogP contribution in [0.2, 0.25) is 0 Å². The molecule has 4 nitrogen and oxygen atoms in total. The van der Waals surface area contributed by atoms with Gasteiger partial charge in [0.1, 0.15) is 0 Å². The Balaban J connectivity index is 1.98. The van der Waals surface area contributed by atoms with Crippen LogP contribution in [-0.4, -0.2) is 27.5 Å². The lowest BCUT2D eigenvalue weighted by Crippen LogP contribution is -2.13. The fourth-order valence-electron chi connectivity index (χ4n) is 1.49. The summed E-state index contributed by atoms with van der Waals surface area (Å²) in [5.41, 5.74) is 0.822. The Labute approximate surface area is 121 Å². The lowest BCUT2D eigenvalue weighted by Gasteiger charge is -2.05. The number of hydrogen-bond acceptors (Lipinski definition) is 4. The van der Waals surface area contributed by atoms with Gasteiger partial charge in [-0.25, -0.2) is 4.98 Å². The molecule has 0 aliphatic carbocycles. The van der Waals surface area contributed by atoms with E-state index in [4.69, 9.17) is 0 Å². The van der Waals surface area contributed by atoms with Crippen molar-refractivity contribution in [2.75, 3.05) is 17.3 Å². The molecule has 1 heterocycles. The average molecular weight is 293 g/mol. The quantitative estimate of drug-likeness (QED) is 0.921. The van der Waals surface area contributed by atoms with Gasteiger partial charge in [-0.15, -0.1) is 0 Å². The summed E-state index contributed by atoms with van der Waals surface area (Å²) in [5.74, 6) is 0.501. The van der Waals surface area contributed by atoms with Crippen molar-refractivity contribution in [1.82, 2.24) is 9.55 Å². The van der Waals surface area contributed by atoms with E-state index in [1.165, 1.54) is 11.8 Å². The topological polar surface area (TPSA) is 46.9 Å². The molecule has 2 aromatic rings. The second kappa shape index (κ2) is 6.68. The molecule has 0 radical (unpaired) electrons. The maximum atomic E-state index is 11.4. The summed E-state index contributed by atoms with van der Waals surface area (Å²) >= 11 is 3.10. The van der Waals surface area contributed by atoms with E-state index in [0.717, 1.165) is 15.7 Å². The molecule has 0 spiro atoms. The summed E-state index contributed by atoms with van der Waals surface area (Å²) in [6, 6.07) is 7.77. The molecule has 0 aliphatic heterocycles. The summed E-state index contributed by atoms with van der Waals surface area (Å²) < 4.78 is 1.97. The zero-order valence-corrected chi connectivity index (χ0v) is 12.4. The van der Waals surface area contributed by atoms with E-state index in [0.29, 0.717) is 5.75 Å². The zero-order chi connectivity index (χ0) is 13.7. The second-order valence-corrected chi connectivity index (χ2v) is 5.84. The van der Waals surface area contributed by atoms with Crippen molar-refractivity contribution < 1.29 is 4.79 Å². The Kier molecular flexibility index (Phi) is 4.93. The first-order valence-corrected chi connectivity index (χ1v) is 7.94. The highest BCUT2D eigenvalue weighted by Crippen LogP contribution is 2.26. The van der Waals surface area contributed by atoms with Gasteiger partial charge in [-0.05, 0) is 30.5 Å². The molecule has 19 heavy (non-hydrogen) atoms. The van der Waals surface area contributed by atoms with Crippen molar-refractivity contribution in [2.24, 2.45) is 7.05 Å². The number of imidazole rings is 1. The van der Waals surface area contributed by atoms with E-state index in [1.54, 1.807) is 18.0 Å². The second-order valence-electron chi connectivity index (χ2n) is 3.93. The molecule has 1 amide bonds. The number of amides is 1. The van der Waals surface area contributed by atoms with E-state index in [2.05, 4.69) is 10.3 Å². The normalized spacial score (nSPS) is 10.4. The fourth-order valence-corrected chi connectivity index (χ4v) is 2.63. The van der Waals surface area contributed by atoms with Crippen LogP contribution in [0.1, 0.15) is 0 Å². The van der Waals surface area contributed by atoms with Crippen LogP contribution in [0.15, 0.2) is 46.7 Å². The van der Waals surface area contributed by atoms with Crippen molar-refractivity contribution >= 4 is 35.1 Å². The van der Waals surface area contributed by atoms with Crippen LogP contribution in [0, 0.1) is 0 Å². The standard InChI is InChI=1S/C13H15N3OS2/c1-16-8-7-14-13(16)19-11-5-3-10(4-6-11)15-12(17)9-18-2/h3-8H,9H2,1-2H3,(H,15,17). The number of carbonyl (C=O) groups excluding carboxylic acids is 1. The highest BCUT2D eigenvalue weighted by molar-refractivity contribution is 7.99. The molecule has 0 fully saturated rings. The Morgan fingerprint density at radius 1 is 1.37 bits per heavy atom. The lowest BCUT2D eigenvalue weighted by atomic mass is 10.3. The van der Waals surface area contributed by atoms with E-state index >= 15 is 0 Å². The molecular formula is C13H15N3OS2. The maximum absolute atomic E-state index is 11.4. The Morgan fingerprint density at radius 3 is 2.68 bits per heavy atom.